The molecule has 7 nitrogen and oxygen atoms in total. The van der Waals surface area contributed by atoms with Gasteiger partial charge in [-0.15, -0.1) is 0 Å². The van der Waals surface area contributed by atoms with Crippen LogP contribution in [0.25, 0.3) is 0 Å². The van der Waals surface area contributed by atoms with E-state index < -0.39 is 11.9 Å². The van der Waals surface area contributed by atoms with E-state index in [2.05, 4.69) is 20.2 Å². The maximum absolute atomic E-state index is 12.2. The number of carbonyl (C=O) groups excluding carboxylic acids is 2. The third kappa shape index (κ3) is 4.19. The van der Waals surface area contributed by atoms with Crippen LogP contribution >= 0.6 is 34.8 Å². The maximum atomic E-state index is 12.2. The molecule has 25 heavy (non-hydrogen) atoms. The summed E-state index contributed by atoms with van der Waals surface area (Å²) in [6, 6.07) is 6.59. The molecule has 10 heteroatoms. The minimum atomic E-state index is -0.693. The van der Waals surface area contributed by atoms with Gasteiger partial charge in [0, 0.05) is 5.56 Å². The van der Waals surface area contributed by atoms with Crippen molar-refractivity contribution in [3.63, 3.8) is 0 Å². The Bertz CT molecular complexity index is 871. The molecule has 0 radical (unpaired) electrons. The molecule has 2 aromatic rings. The first-order valence-corrected chi connectivity index (χ1v) is 7.86. The van der Waals surface area contributed by atoms with Crippen molar-refractivity contribution in [3.8, 4) is 0 Å². The van der Waals surface area contributed by atoms with Crippen LogP contribution in [-0.4, -0.2) is 25.2 Å². The standard InChI is InChI=1S/C15H11Cl3N4O3/c1-25-15(24)8-5-3-2-4-7(8)6-20-22-14(23)12-9(16)11(19)10(17)13(18)21-12/h2-6H,1H3,(H2,19,21)(H,22,23)/p+1/b20-6+. The lowest BCUT2D eigenvalue weighted by molar-refractivity contribution is -0.379. The Balaban J connectivity index is 2.22. The van der Waals surface area contributed by atoms with Gasteiger partial charge < -0.3 is 10.5 Å². The van der Waals surface area contributed by atoms with E-state index in [0.717, 1.165) is 0 Å². The van der Waals surface area contributed by atoms with Gasteiger partial charge in [-0.2, -0.15) is 10.1 Å². The van der Waals surface area contributed by atoms with Crippen molar-refractivity contribution in [3.05, 3.63) is 56.3 Å². The van der Waals surface area contributed by atoms with Crippen molar-refractivity contribution in [2.45, 2.75) is 0 Å². The fourth-order valence-corrected chi connectivity index (χ4v) is 2.46. The SMILES string of the molecule is COC(=O)c1ccccc1/C=N/NC(=O)c1[nH+]c(Cl)c(Cl)c(N)c1Cl. The summed E-state index contributed by atoms with van der Waals surface area (Å²) in [5.74, 6) is -1.22. The van der Waals surface area contributed by atoms with Crippen LogP contribution in [0.4, 0.5) is 5.69 Å². The molecule has 1 amide bonds. The van der Waals surface area contributed by atoms with Crippen LogP contribution in [0.15, 0.2) is 29.4 Å². The first-order chi connectivity index (χ1) is 11.9. The second-order valence-corrected chi connectivity index (χ2v) is 5.77. The molecule has 1 heterocycles. The Hall–Kier alpha value is -2.35. The second kappa shape index (κ2) is 8.15. The van der Waals surface area contributed by atoms with Gasteiger partial charge in [-0.1, -0.05) is 41.4 Å². The number of anilines is 1. The average molecular weight is 403 g/mol. The summed E-state index contributed by atoms with van der Waals surface area (Å²) in [4.78, 5) is 26.4. The van der Waals surface area contributed by atoms with Crippen molar-refractivity contribution in [2.75, 3.05) is 12.8 Å². The summed E-state index contributed by atoms with van der Waals surface area (Å²) >= 11 is 17.6. The maximum Gasteiger partial charge on any atom is 0.338 e. The number of aromatic nitrogens is 1. The summed E-state index contributed by atoms with van der Waals surface area (Å²) in [6.45, 7) is 0. The number of aromatic amines is 1. The van der Waals surface area contributed by atoms with E-state index >= 15 is 0 Å². The third-order valence-corrected chi connectivity index (χ3v) is 4.25. The highest BCUT2D eigenvalue weighted by molar-refractivity contribution is 6.45. The van der Waals surface area contributed by atoms with Gasteiger partial charge in [0.2, 0.25) is 0 Å². The zero-order valence-corrected chi connectivity index (χ0v) is 15.0. The number of halogens is 3. The summed E-state index contributed by atoms with van der Waals surface area (Å²) in [5.41, 5.74) is 8.54. The lowest BCUT2D eigenvalue weighted by Crippen LogP contribution is -2.28. The molecular weight excluding hydrogens is 391 g/mol. The zero-order valence-electron chi connectivity index (χ0n) is 12.8. The largest absolute Gasteiger partial charge is 0.465 e. The zero-order chi connectivity index (χ0) is 18.6. The number of nitrogen functional groups attached to an aromatic ring is 1. The van der Waals surface area contributed by atoms with Gasteiger partial charge in [-0.3, -0.25) is 4.79 Å². The van der Waals surface area contributed by atoms with E-state index in [0.29, 0.717) is 11.1 Å². The predicted molar refractivity (Wildman–Crippen MR) is 95.3 cm³/mol. The van der Waals surface area contributed by atoms with Crippen molar-refractivity contribution >= 4 is 58.6 Å². The highest BCUT2D eigenvalue weighted by atomic mass is 35.5. The van der Waals surface area contributed by atoms with Crippen LogP contribution in [0.5, 0.6) is 0 Å². The molecule has 0 aliphatic heterocycles. The van der Waals surface area contributed by atoms with E-state index in [9.17, 15) is 9.59 Å². The van der Waals surface area contributed by atoms with Crippen LogP contribution in [-0.2, 0) is 4.74 Å². The molecule has 0 saturated heterocycles. The van der Waals surface area contributed by atoms with Crippen LogP contribution in [0.1, 0.15) is 26.4 Å². The number of nitrogens with zero attached hydrogens (tertiary/aromatic N) is 1. The summed E-state index contributed by atoms with van der Waals surface area (Å²) in [6.07, 6.45) is 1.29. The monoisotopic (exact) mass is 401 g/mol. The Morgan fingerprint density at radius 2 is 1.92 bits per heavy atom. The number of pyridine rings is 1. The minimum absolute atomic E-state index is 0.0127. The van der Waals surface area contributed by atoms with E-state index in [1.807, 2.05) is 0 Å². The van der Waals surface area contributed by atoms with E-state index in [1.165, 1.54) is 13.3 Å². The van der Waals surface area contributed by atoms with Gasteiger partial charge in [-0.25, -0.2) is 10.2 Å². The fourth-order valence-electron chi connectivity index (χ4n) is 1.85. The Labute approximate surface area is 157 Å². The molecule has 0 saturated carbocycles. The van der Waals surface area contributed by atoms with E-state index in [1.54, 1.807) is 24.3 Å². The normalized spacial score (nSPS) is 10.7. The summed E-state index contributed by atoms with van der Waals surface area (Å²) in [5, 5.41) is 3.68. The Kier molecular flexibility index (Phi) is 6.19. The highest BCUT2D eigenvalue weighted by Crippen LogP contribution is 2.31. The van der Waals surface area contributed by atoms with Gasteiger partial charge in [0.05, 0.1) is 24.6 Å². The number of esters is 1. The van der Waals surface area contributed by atoms with Crippen LogP contribution in [0, 0.1) is 0 Å². The molecular formula is C15H12Cl3N4O3+. The molecule has 0 bridgehead atoms. The summed E-state index contributed by atoms with van der Waals surface area (Å²) < 4.78 is 4.68. The molecule has 0 aliphatic rings. The molecule has 0 aliphatic carbocycles. The number of amides is 1. The Morgan fingerprint density at radius 3 is 2.60 bits per heavy atom. The quantitative estimate of drug-likeness (QED) is 0.354. The van der Waals surface area contributed by atoms with Crippen molar-refractivity contribution in [1.82, 2.24) is 5.43 Å². The van der Waals surface area contributed by atoms with Crippen molar-refractivity contribution < 1.29 is 19.3 Å². The summed E-state index contributed by atoms with van der Waals surface area (Å²) in [7, 11) is 1.27. The number of ether oxygens (including phenoxy) is 1. The highest BCUT2D eigenvalue weighted by Gasteiger charge is 2.25. The fraction of sp³-hybridized carbons (Fsp3) is 0.0667. The number of nitrogens with one attached hydrogen (secondary N) is 2. The first-order valence-electron chi connectivity index (χ1n) is 6.72. The molecule has 1 aromatic heterocycles. The number of nitrogens with two attached hydrogens (primary N) is 1. The van der Waals surface area contributed by atoms with Gasteiger partial charge in [-0.05, 0) is 17.7 Å². The molecule has 0 spiro atoms. The third-order valence-electron chi connectivity index (χ3n) is 3.08. The lowest BCUT2D eigenvalue weighted by Gasteiger charge is -2.04. The number of rotatable bonds is 4. The topological polar surface area (TPSA) is 108 Å². The first kappa shape index (κ1) is 19.0. The van der Waals surface area contributed by atoms with Crippen LogP contribution in [0.3, 0.4) is 0 Å². The molecule has 4 N–H and O–H groups in total. The number of hydrogen-bond acceptors (Lipinski definition) is 5. The molecule has 1 aromatic carbocycles. The van der Waals surface area contributed by atoms with Crippen LogP contribution in [0.2, 0.25) is 15.2 Å². The van der Waals surface area contributed by atoms with Gasteiger partial charge >= 0.3 is 11.9 Å². The number of carbonyl (C=O) groups is 2. The molecule has 130 valence electrons. The average Bonchev–Trinajstić information content (AvgIpc) is 2.62. The number of H-pyrrole nitrogens is 1. The molecule has 0 atom stereocenters. The Morgan fingerprint density at radius 1 is 1.24 bits per heavy atom. The van der Waals surface area contributed by atoms with Crippen molar-refractivity contribution in [2.24, 2.45) is 5.10 Å². The molecule has 0 unspecified atom stereocenters. The predicted octanol–water partition coefficient (Wildman–Crippen LogP) is 2.59. The minimum Gasteiger partial charge on any atom is -0.465 e. The molecule has 0 fully saturated rings. The number of hydrazone groups is 1. The van der Waals surface area contributed by atoms with Crippen molar-refractivity contribution in [1.29, 1.82) is 0 Å². The smallest absolute Gasteiger partial charge is 0.338 e. The lowest BCUT2D eigenvalue weighted by atomic mass is 10.1. The van der Waals surface area contributed by atoms with Gasteiger partial charge in [0.15, 0.2) is 0 Å². The molecule has 2 rings (SSSR count). The number of benzene rings is 1. The number of hydrogen-bond donors (Lipinski definition) is 2. The van der Waals surface area contributed by atoms with Crippen LogP contribution < -0.4 is 16.1 Å². The van der Waals surface area contributed by atoms with Gasteiger partial charge in [0.25, 0.3) is 10.8 Å². The van der Waals surface area contributed by atoms with E-state index in [-0.39, 0.29) is 26.6 Å². The van der Waals surface area contributed by atoms with Gasteiger partial charge in [0.1, 0.15) is 10.0 Å². The van der Waals surface area contributed by atoms with E-state index in [4.69, 9.17) is 40.5 Å². The second-order valence-electron chi connectivity index (χ2n) is 4.63. The number of methoxy groups -OCH3 is 1.